The topological polar surface area (TPSA) is 34.2 Å². The van der Waals surface area contributed by atoms with Crippen LogP contribution in [0.2, 0.25) is 0 Å². The van der Waals surface area contributed by atoms with Crippen molar-refractivity contribution in [2.75, 3.05) is 19.8 Å². The first kappa shape index (κ1) is 11.0. The standard InChI is InChI=1S/C11H18N2OS/c1-2-12-7-10-8-13-11(15-10)9-3-5-14-6-4-9/h8-9,12H,2-7H2,1H3. The molecule has 4 heteroatoms. The van der Waals surface area contributed by atoms with Gasteiger partial charge in [0.1, 0.15) is 0 Å². The number of thiazole rings is 1. The number of ether oxygens (including phenoxy) is 1. The second-order valence-corrected chi connectivity index (χ2v) is 4.98. The van der Waals surface area contributed by atoms with Crippen LogP contribution < -0.4 is 5.32 Å². The van der Waals surface area contributed by atoms with Crippen LogP contribution >= 0.6 is 11.3 Å². The van der Waals surface area contributed by atoms with E-state index in [1.807, 2.05) is 17.5 Å². The summed E-state index contributed by atoms with van der Waals surface area (Å²) in [6, 6.07) is 0. The van der Waals surface area contributed by atoms with Gasteiger partial charge in [-0.2, -0.15) is 0 Å². The first-order valence-corrected chi connectivity index (χ1v) is 6.45. The normalized spacial score (nSPS) is 18.2. The number of nitrogens with zero attached hydrogens (tertiary/aromatic N) is 1. The zero-order valence-corrected chi connectivity index (χ0v) is 9.98. The lowest BCUT2D eigenvalue weighted by molar-refractivity contribution is 0.0853. The summed E-state index contributed by atoms with van der Waals surface area (Å²) >= 11 is 1.85. The Hall–Kier alpha value is -0.450. The van der Waals surface area contributed by atoms with Crippen LogP contribution in [0, 0.1) is 0 Å². The Morgan fingerprint density at radius 1 is 1.53 bits per heavy atom. The molecule has 1 fully saturated rings. The maximum atomic E-state index is 5.36. The third kappa shape index (κ3) is 3.00. The highest BCUT2D eigenvalue weighted by molar-refractivity contribution is 7.11. The van der Waals surface area contributed by atoms with Crippen LogP contribution in [-0.2, 0) is 11.3 Å². The van der Waals surface area contributed by atoms with Crippen LogP contribution in [-0.4, -0.2) is 24.7 Å². The van der Waals surface area contributed by atoms with E-state index in [1.54, 1.807) is 0 Å². The SMILES string of the molecule is CCNCc1cnc(C2CCOCC2)s1. The maximum absolute atomic E-state index is 5.36. The Morgan fingerprint density at radius 3 is 3.07 bits per heavy atom. The molecule has 1 aromatic rings. The van der Waals surface area contributed by atoms with Gasteiger partial charge in [0.25, 0.3) is 0 Å². The molecule has 0 aliphatic carbocycles. The second kappa shape index (κ2) is 5.58. The zero-order chi connectivity index (χ0) is 10.5. The Bertz CT molecular complexity index is 295. The minimum atomic E-state index is 0.638. The lowest BCUT2D eigenvalue weighted by atomic mass is 10.0. The highest BCUT2D eigenvalue weighted by Crippen LogP contribution is 2.29. The van der Waals surface area contributed by atoms with E-state index in [0.29, 0.717) is 5.92 Å². The van der Waals surface area contributed by atoms with E-state index >= 15 is 0 Å². The Morgan fingerprint density at radius 2 is 2.33 bits per heavy atom. The van der Waals surface area contributed by atoms with Crippen LogP contribution in [0.15, 0.2) is 6.20 Å². The Labute approximate surface area is 94.9 Å². The van der Waals surface area contributed by atoms with Gasteiger partial charge in [0, 0.05) is 36.8 Å². The lowest BCUT2D eigenvalue weighted by Gasteiger charge is -2.19. The smallest absolute Gasteiger partial charge is 0.0960 e. The monoisotopic (exact) mass is 226 g/mol. The largest absolute Gasteiger partial charge is 0.381 e. The molecule has 0 spiro atoms. The summed E-state index contributed by atoms with van der Waals surface area (Å²) in [7, 11) is 0. The molecular formula is C11H18N2OS. The molecule has 0 saturated carbocycles. The maximum Gasteiger partial charge on any atom is 0.0960 e. The van der Waals surface area contributed by atoms with E-state index in [2.05, 4.69) is 17.2 Å². The van der Waals surface area contributed by atoms with E-state index in [1.165, 1.54) is 9.88 Å². The van der Waals surface area contributed by atoms with Crippen LogP contribution in [0.25, 0.3) is 0 Å². The van der Waals surface area contributed by atoms with Crippen molar-refractivity contribution in [1.82, 2.24) is 10.3 Å². The first-order chi connectivity index (χ1) is 7.40. The van der Waals surface area contributed by atoms with Gasteiger partial charge >= 0.3 is 0 Å². The van der Waals surface area contributed by atoms with Crippen molar-refractivity contribution in [1.29, 1.82) is 0 Å². The molecule has 1 N–H and O–H groups in total. The quantitative estimate of drug-likeness (QED) is 0.854. The van der Waals surface area contributed by atoms with Gasteiger partial charge in [-0.3, -0.25) is 0 Å². The van der Waals surface area contributed by atoms with Gasteiger partial charge in [-0.25, -0.2) is 4.98 Å². The fourth-order valence-corrected chi connectivity index (χ4v) is 2.84. The van der Waals surface area contributed by atoms with Crippen molar-refractivity contribution in [2.45, 2.75) is 32.2 Å². The van der Waals surface area contributed by atoms with Crippen molar-refractivity contribution in [3.05, 3.63) is 16.1 Å². The number of rotatable bonds is 4. The predicted octanol–water partition coefficient (Wildman–Crippen LogP) is 2.15. The minimum Gasteiger partial charge on any atom is -0.381 e. The minimum absolute atomic E-state index is 0.638. The van der Waals surface area contributed by atoms with E-state index in [0.717, 1.165) is 39.1 Å². The number of nitrogens with one attached hydrogen (secondary N) is 1. The lowest BCUT2D eigenvalue weighted by Crippen LogP contribution is -2.13. The van der Waals surface area contributed by atoms with Crippen molar-refractivity contribution in [3.63, 3.8) is 0 Å². The number of aromatic nitrogens is 1. The molecule has 1 aliphatic heterocycles. The molecule has 1 saturated heterocycles. The molecule has 2 heterocycles. The molecule has 0 unspecified atom stereocenters. The molecule has 0 bridgehead atoms. The van der Waals surface area contributed by atoms with E-state index < -0.39 is 0 Å². The number of hydrogen-bond acceptors (Lipinski definition) is 4. The van der Waals surface area contributed by atoms with Crippen molar-refractivity contribution < 1.29 is 4.74 Å². The Kier molecular flexibility index (Phi) is 4.11. The van der Waals surface area contributed by atoms with Crippen molar-refractivity contribution >= 4 is 11.3 Å². The van der Waals surface area contributed by atoms with Crippen LogP contribution in [0.4, 0.5) is 0 Å². The molecule has 0 amide bonds. The van der Waals surface area contributed by atoms with Crippen molar-refractivity contribution in [2.24, 2.45) is 0 Å². The average molecular weight is 226 g/mol. The van der Waals surface area contributed by atoms with Gasteiger partial charge in [0.2, 0.25) is 0 Å². The fraction of sp³-hybridized carbons (Fsp3) is 0.727. The van der Waals surface area contributed by atoms with Gasteiger partial charge in [-0.15, -0.1) is 11.3 Å². The molecule has 1 aliphatic rings. The molecule has 15 heavy (non-hydrogen) atoms. The van der Waals surface area contributed by atoms with E-state index in [9.17, 15) is 0 Å². The molecular weight excluding hydrogens is 208 g/mol. The van der Waals surface area contributed by atoms with Crippen LogP contribution in [0.1, 0.15) is 35.6 Å². The molecule has 2 rings (SSSR count). The van der Waals surface area contributed by atoms with Gasteiger partial charge in [-0.1, -0.05) is 6.92 Å². The molecule has 0 radical (unpaired) electrons. The number of hydrogen-bond donors (Lipinski definition) is 1. The molecule has 1 aromatic heterocycles. The van der Waals surface area contributed by atoms with Crippen LogP contribution in [0.5, 0.6) is 0 Å². The average Bonchev–Trinajstić information content (AvgIpc) is 2.76. The van der Waals surface area contributed by atoms with Gasteiger partial charge in [0.05, 0.1) is 5.01 Å². The van der Waals surface area contributed by atoms with E-state index in [-0.39, 0.29) is 0 Å². The zero-order valence-electron chi connectivity index (χ0n) is 9.16. The summed E-state index contributed by atoms with van der Waals surface area (Å²) in [5.41, 5.74) is 0. The predicted molar refractivity (Wildman–Crippen MR) is 62.3 cm³/mol. The van der Waals surface area contributed by atoms with Crippen molar-refractivity contribution in [3.8, 4) is 0 Å². The fourth-order valence-electron chi connectivity index (χ4n) is 1.79. The molecule has 84 valence electrons. The summed E-state index contributed by atoms with van der Waals surface area (Å²) in [4.78, 5) is 5.86. The summed E-state index contributed by atoms with van der Waals surface area (Å²) in [6.07, 6.45) is 4.28. The molecule has 0 atom stereocenters. The van der Waals surface area contributed by atoms with E-state index in [4.69, 9.17) is 4.74 Å². The summed E-state index contributed by atoms with van der Waals surface area (Å²) in [6.45, 7) is 5.89. The van der Waals surface area contributed by atoms with Gasteiger partial charge in [0.15, 0.2) is 0 Å². The molecule has 3 nitrogen and oxygen atoms in total. The first-order valence-electron chi connectivity index (χ1n) is 5.63. The van der Waals surface area contributed by atoms with Gasteiger partial charge < -0.3 is 10.1 Å². The highest BCUT2D eigenvalue weighted by Gasteiger charge is 2.18. The van der Waals surface area contributed by atoms with Crippen LogP contribution in [0.3, 0.4) is 0 Å². The molecule has 0 aromatic carbocycles. The summed E-state index contributed by atoms with van der Waals surface area (Å²) < 4.78 is 5.36. The summed E-state index contributed by atoms with van der Waals surface area (Å²) in [5.74, 6) is 0.638. The third-order valence-corrected chi connectivity index (χ3v) is 3.85. The second-order valence-electron chi connectivity index (χ2n) is 3.83. The highest BCUT2D eigenvalue weighted by atomic mass is 32.1. The third-order valence-electron chi connectivity index (χ3n) is 2.69. The Balaban J connectivity index is 1.93. The summed E-state index contributed by atoms with van der Waals surface area (Å²) in [5, 5.41) is 4.62. The van der Waals surface area contributed by atoms with Gasteiger partial charge in [-0.05, 0) is 19.4 Å².